The third-order valence-electron chi connectivity index (χ3n) is 1.39. The van der Waals surface area contributed by atoms with Crippen LogP contribution in [0.3, 0.4) is 0 Å². The smallest absolute Gasteiger partial charge is 0.139 e. The molecule has 0 atom stereocenters. The molecule has 0 fully saturated rings. The summed E-state index contributed by atoms with van der Waals surface area (Å²) in [5, 5.41) is 3.08. The molecule has 0 aliphatic rings. The van der Waals surface area contributed by atoms with Crippen LogP contribution in [0, 0.1) is 0 Å². The van der Waals surface area contributed by atoms with Crippen LogP contribution in [-0.4, -0.2) is 12.3 Å². The summed E-state index contributed by atoms with van der Waals surface area (Å²) in [5.41, 5.74) is 0.498. The van der Waals surface area contributed by atoms with E-state index in [9.17, 15) is 0 Å². The van der Waals surface area contributed by atoms with Crippen LogP contribution in [0.25, 0.3) is 0 Å². The monoisotopic (exact) mass is 233 g/mol. The van der Waals surface area contributed by atoms with Crippen LogP contribution in [0.1, 0.15) is 0 Å². The molecule has 0 aromatic heterocycles. The number of thiocarbonyl (C=S) groups is 1. The maximum Gasteiger partial charge on any atom is 0.139 e. The Balaban J connectivity index is 3.29. The zero-order chi connectivity index (χ0) is 9.84. The summed E-state index contributed by atoms with van der Waals surface area (Å²) < 4.78 is 4.97. The van der Waals surface area contributed by atoms with Gasteiger partial charge in [-0.3, -0.25) is 0 Å². The highest BCUT2D eigenvalue weighted by atomic mass is 35.5. The molecule has 13 heavy (non-hydrogen) atoms. The number of benzene rings is 1. The Labute approximate surface area is 91.1 Å². The standard InChI is InChI=1S/C8H5Cl2NOS/c1-12-8-3-7(11-4-13)5(9)2-6(8)10/h2-3H,1H3. The van der Waals surface area contributed by atoms with Crippen LogP contribution in [0.2, 0.25) is 10.0 Å². The van der Waals surface area contributed by atoms with Crippen molar-refractivity contribution in [1.82, 2.24) is 0 Å². The summed E-state index contributed by atoms with van der Waals surface area (Å²) >= 11 is 16.1. The molecule has 0 aliphatic carbocycles. The molecule has 2 nitrogen and oxygen atoms in total. The van der Waals surface area contributed by atoms with Gasteiger partial charge >= 0.3 is 0 Å². The van der Waals surface area contributed by atoms with E-state index in [4.69, 9.17) is 27.9 Å². The second kappa shape index (κ2) is 4.58. The Morgan fingerprint density at radius 2 is 2.08 bits per heavy atom. The molecule has 1 aromatic carbocycles. The number of nitrogens with zero attached hydrogens (tertiary/aromatic N) is 1. The molecule has 1 aromatic rings. The van der Waals surface area contributed by atoms with E-state index in [1.54, 1.807) is 12.1 Å². The number of methoxy groups -OCH3 is 1. The SMILES string of the molecule is COc1cc(N=C=S)c(Cl)cc1Cl. The van der Waals surface area contributed by atoms with Gasteiger partial charge in [-0.2, -0.15) is 4.99 Å². The Morgan fingerprint density at radius 3 is 2.62 bits per heavy atom. The van der Waals surface area contributed by atoms with Crippen molar-refractivity contribution in [2.75, 3.05) is 7.11 Å². The summed E-state index contributed by atoms with van der Waals surface area (Å²) in [4.78, 5) is 3.75. The van der Waals surface area contributed by atoms with Crippen LogP contribution in [-0.2, 0) is 0 Å². The Morgan fingerprint density at radius 1 is 1.38 bits per heavy atom. The summed E-state index contributed by atoms with van der Waals surface area (Å²) in [6.07, 6.45) is 0. The van der Waals surface area contributed by atoms with Gasteiger partial charge in [0.1, 0.15) is 5.75 Å². The van der Waals surface area contributed by atoms with Crippen LogP contribution < -0.4 is 4.74 Å². The van der Waals surface area contributed by atoms with Crippen LogP contribution in [0.15, 0.2) is 17.1 Å². The second-order valence-corrected chi connectivity index (χ2v) is 3.14. The molecule has 68 valence electrons. The second-order valence-electron chi connectivity index (χ2n) is 2.14. The molecule has 0 radical (unpaired) electrons. The number of hydrogen-bond donors (Lipinski definition) is 0. The van der Waals surface area contributed by atoms with Crippen molar-refractivity contribution < 1.29 is 4.74 Å². The summed E-state index contributed by atoms with van der Waals surface area (Å²) in [6, 6.07) is 3.15. The first-order valence-electron chi connectivity index (χ1n) is 3.30. The van der Waals surface area contributed by atoms with E-state index in [0.29, 0.717) is 21.5 Å². The van der Waals surface area contributed by atoms with Crippen LogP contribution in [0.5, 0.6) is 5.75 Å². The number of halogens is 2. The number of isothiocyanates is 1. The zero-order valence-electron chi connectivity index (χ0n) is 6.67. The molecular formula is C8H5Cl2NOS. The molecule has 0 aliphatic heterocycles. The number of aliphatic imine (C=N–C) groups is 1. The van der Waals surface area contributed by atoms with E-state index in [0.717, 1.165) is 0 Å². The van der Waals surface area contributed by atoms with Gasteiger partial charge < -0.3 is 4.74 Å². The Kier molecular flexibility index (Phi) is 3.70. The van der Waals surface area contributed by atoms with Gasteiger partial charge in [0, 0.05) is 6.07 Å². The summed E-state index contributed by atoms with van der Waals surface area (Å²) in [6.45, 7) is 0. The molecule has 0 unspecified atom stereocenters. The predicted molar refractivity (Wildman–Crippen MR) is 57.7 cm³/mol. The fourth-order valence-electron chi connectivity index (χ4n) is 0.810. The van der Waals surface area contributed by atoms with E-state index in [-0.39, 0.29) is 0 Å². The molecule has 0 heterocycles. The van der Waals surface area contributed by atoms with E-state index >= 15 is 0 Å². The predicted octanol–water partition coefficient (Wildman–Crippen LogP) is 3.74. The lowest BCUT2D eigenvalue weighted by Crippen LogP contribution is -1.83. The Hall–Kier alpha value is -0.600. The first-order valence-corrected chi connectivity index (χ1v) is 4.46. The summed E-state index contributed by atoms with van der Waals surface area (Å²) in [5.74, 6) is 0.509. The van der Waals surface area contributed by atoms with Crippen LogP contribution >= 0.6 is 35.4 Å². The highest BCUT2D eigenvalue weighted by Crippen LogP contribution is 2.35. The normalized spacial score (nSPS) is 9.15. The largest absolute Gasteiger partial charge is 0.495 e. The summed E-state index contributed by atoms with van der Waals surface area (Å²) in [7, 11) is 1.51. The van der Waals surface area contributed by atoms with Crippen molar-refractivity contribution in [1.29, 1.82) is 0 Å². The van der Waals surface area contributed by atoms with Gasteiger partial charge in [-0.05, 0) is 18.3 Å². The van der Waals surface area contributed by atoms with Crippen molar-refractivity contribution in [3.05, 3.63) is 22.2 Å². The zero-order valence-corrected chi connectivity index (χ0v) is 9.00. The van der Waals surface area contributed by atoms with E-state index in [1.165, 1.54) is 7.11 Å². The van der Waals surface area contributed by atoms with E-state index < -0.39 is 0 Å². The molecule has 0 saturated heterocycles. The van der Waals surface area contributed by atoms with Crippen molar-refractivity contribution in [3.8, 4) is 5.75 Å². The minimum atomic E-state index is 0.420. The lowest BCUT2D eigenvalue weighted by atomic mass is 10.3. The van der Waals surface area contributed by atoms with Gasteiger partial charge in [-0.1, -0.05) is 23.2 Å². The minimum absolute atomic E-state index is 0.420. The topological polar surface area (TPSA) is 21.6 Å². The molecule has 0 spiro atoms. The minimum Gasteiger partial charge on any atom is -0.495 e. The van der Waals surface area contributed by atoms with Crippen LogP contribution in [0.4, 0.5) is 5.69 Å². The average molecular weight is 234 g/mol. The lowest BCUT2D eigenvalue weighted by molar-refractivity contribution is 0.415. The Bertz CT molecular complexity index is 375. The third kappa shape index (κ3) is 2.42. The molecule has 0 N–H and O–H groups in total. The number of rotatable bonds is 2. The van der Waals surface area contributed by atoms with Gasteiger partial charge in [-0.25, -0.2) is 0 Å². The van der Waals surface area contributed by atoms with Gasteiger partial charge in [0.2, 0.25) is 0 Å². The number of ether oxygens (including phenoxy) is 1. The highest BCUT2D eigenvalue weighted by molar-refractivity contribution is 7.78. The van der Waals surface area contributed by atoms with Gasteiger partial charge in [0.05, 0.1) is 28.0 Å². The first-order chi connectivity index (χ1) is 6.19. The van der Waals surface area contributed by atoms with Gasteiger partial charge in [0.15, 0.2) is 0 Å². The fourth-order valence-corrected chi connectivity index (χ4v) is 1.41. The molecule has 0 amide bonds. The maximum atomic E-state index is 5.82. The fraction of sp³-hybridized carbons (Fsp3) is 0.125. The van der Waals surface area contributed by atoms with Crippen molar-refractivity contribution in [3.63, 3.8) is 0 Å². The first kappa shape index (κ1) is 10.5. The molecule has 1 rings (SSSR count). The lowest BCUT2D eigenvalue weighted by Gasteiger charge is -2.04. The van der Waals surface area contributed by atoms with Crippen molar-refractivity contribution in [2.24, 2.45) is 4.99 Å². The van der Waals surface area contributed by atoms with E-state index in [2.05, 4.69) is 22.4 Å². The third-order valence-corrected chi connectivity index (χ3v) is 2.08. The quantitative estimate of drug-likeness (QED) is 0.574. The molecule has 0 bridgehead atoms. The number of hydrogen-bond acceptors (Lipinski definition) is 3. The molecule has 5 heteroatoms. The molecule has 0 saturated carbocycles. The van der Waals surface area contributed by atoms with Crippen molar-refractivity contribution in [2.45, 2.75) is 0 Å². The molecular weight excluding hydrogens is 229 g/mol. The maximum absolute atomic E-state index is 5.82. The highest BCUT2D eigenvalue weighted by Gasteiger charge is 2.06. The average Bonchev–Trinajstić information content (AvgIpc) is 2.10. The van der Waals surface area contributed by atoms with Crippen molar-refractivity contribution >= 4 is 46.3 Å². The van der Waals surface area contributed by atoms with Gasteiger partial charge in [0.25, 0.3) is 0 Å². The van der Waals surface area contributed by atoms with Gasteiger partial charge in [-0.15, -0.1) is 0 Å². The van der Waals surface area contributed by atoms with E-state index in [1.807, 2.05) is 0 Å².